The zero-order valence-corrected chi connectivity index (χ0v) is 17.3. The SMILES string of the molecule is CCCOc1ccc(C2C(C(=O)c3cccs3)=C(O)C(=O)N2c2ccccc2)cc1. The first kappa shape index (κ1) is 19.9. The highest BCUT2D eigenvalue weighted by Gasteiger charge is 2.44. The van der Waals surface area contributed by atoms with Crippen molar-refractivity contribution in [3.8, 4) is 5.75 Å². The minimum atomic E-state index is -0.727. The molecule has 2 aromatic carbocycles. The minimum Gasteiger partial charge on any atom is -0.503 e. The van der Waals surface area contributed by atoms with E-state index in [0.717, 1.165) is 17.7 Å². The average molecular weight is 420 g/mol. The lowest BCUT2D eigenvalue weighted by Crippen LogP contribution is -2.30. The number of benzene rings is 2. The van der Waals surface area contributed by atoms with Gasteiger partial charge in [0.05, 0.1) is 23.1 Å². The number of aliphatic hydroxyl groups is 1. The monoisotopic (exact) mass is 419 g/mol. The van der Waals surface area contributed by atoms with E-state index in [-0.39, 0.29) is 11.4 Å². The number of Topliss-reactive ketones (excluding diaryl/α,β-unsaturated/α-hetero) is 1. The maximum absolute atomic E-state index is 13.2. The van der Waals surface area contributed by atoms with Crippen LogP contribution in [-0.4, -0.2) is 23.4 Å². The first-order valence-electron chi connectivity index (χ1n) is 9.74. The zero-order chi connectivity index (χ0) is 21.1. The van der Waals surface area contributed by atoms with Crippen molar-refractivity contribution in [2.24, 2.45) is 0 Å². The van der Waals surface area contributed by atoms with Crippen LogP contribution in [0.2, 0.25) is 0 Å². The van der Waals surface area contributed by atoms with E-state index >= 15 is 0 Å². The molecule has 0 spiro atoms. The van der Waals surface area contributed by atoms with Crippen molar-refractivity contribution in [2.45, 2.75) is 19.4 Å². The summed E-state index contributed by atoms with van der Waals surface area (Å²) in [6.07, 6.45) is 0.900. The molecule has 1 aliphatic rings. The molecule has 1 unspecified atom stereocenters. The van der Waals surface area contributed by atoms with Crippen LogP contribution in [0.1, 0.15) is 34.6 Å². The number of thiophene rings is 1. The van der Waals surface area contributed by atoms with Crippen molar-refractivity contribution in [1.29, 1.82) is 0 Å². The molecule has 0 aliphatic carbocycles. The van der Waals surface area contributed by atoms with Crippen LogP contribution >= 0.6 is 11.3 Å². The highest BCUT2D eigenvalue weighted by atomic mass is 32.1. The van der Waals surface area contributed by atoms with Crippen molar-refractivity contribution in [3.05, 3.63) is 93.9 Å². The molecule has 1 aliphatic heterocycles. The molecule has 0 fully saturated rings. The maximum atomic E-state index is 13.2. The molecule has 5 nitrogen and oxygen atoms in total. The van der Waals surface area contributed by atoms with Crippen LogP contribution < -0.4 is 9.64 Å². The highest BCUT2D eigenvalue weighted by Crippen LogP contribution is 2.42. The van der Waals surface area contributed by atoms with E-state index in [1.54, 1.807) is 29.6 Å². The van der Waals surface area contributed by atoms with E-state index in [1.807, 2.05) is 49.4 Å². The summed E-state index contributed by atoms with van der Waals surface area (Å²) in [5.41, 5.74) is 1.42. The van der Waals surface area contributed by atoms with Crippen molar-refractivity contribution in [1.82, 2.24) is 0 Å². The molecule has 1 N–H and O–H groups in total. The molecule has 1 aromatic heterocycles. The van der Waals surface area contributed by atoms with Gasteiger partial charge in [0.1, 0.15) is 5.75 Å². The van der Waals surface area contributed by atoms with E-state index in [4.69, 9.17) is 4.74 Å². The Hall–Kier alpha value is -3.38. The summed E-state index contributed by atoms with van der Waals surface area (Å²) >= 11 is 1.28. The van der Waals surface area contributed by atoms with E-state index in [0.29, 0.717) is 17.2 Å². The third-order valence-corrected chi connectivity index (χ3v) is 5.77. The zero-order valence-electron chi connectivity index (χ0n) is 16.4. The van der Waals surface area contributed by atoms with E-state index in [9.17, 15) is 14.7 Å². The number of anilines is 1. The van der Waals surface area contributed by atoms with Crippen molar-refractivity contribution in [2.75, 3.05) is 11.5 Å². The van der Waals surface area contributed by atoms with Crippen molar-refractivity contribution in [3.63, 3.8) is 0 Å². The Balaban J connectivity index is 1.79. The third kappa shape index (κ3) is 3.62. The van der Waals surface area contributed by atoms with Crippen LogP contribution in [0.25, 0.3) is 0 Å². The standard InChI is InChI=1S/C24H21NO4S/c1-2-14-29-18-12-10-16(11-13-18)21-20(22(26)19-9-6-15-30-19)23(27)24(28)25(21)17-7-4-3-5-8-17/h3-13,15,21,27H,2,14H2,1H3. The van der Waals surface area contributed by atoms with Gasteiger partial charge in [0.15, 0.2) is 5.76 Å². The van der Waals surface area contributed by atoms with Crippen LogP contribution in [0.15, 0.2) is 83.4 Å². The van der Waals surface area contributed by atoms with Crippen LogP contribution in [0, 0.1) is 0 Å². The van der Waals surface area contributed by atoms with Gasteiger partial charge in [-0.2, -0.15) is 0 Å². The largest absolute Gasteiger partial charge is 0.503 e. The Bertz CT molecular complexity index is 1070. The fourth-order valence-electron chi connectivity index (χ4n) is 3.51. The van der Waals surface area contributed by atoms with Gasteiger partial charge >= 0.3 is 0 Å². The van der Waals surface area contributed by atoms with Crippen LogP contribution in [-0.2, 0) is 4.79 Å². The fraction of sp³-hybridized carbons (Fsp3) is 0.167. The van der Waals surface area contributed by atoms with Gasteiger partial charge in [-0.1, -0.05) is 43.3 Å². The number of hydrogen-bond acceptors (Lipinski definition) is 5. The predicted octanol–water partition coefficient (Wildman–Crippen LogP) is 5.32. The second kappa shape index (κ2) is 8.55. The molecule has 0 bridgehead atoms. The number of hydrogen-bond donors (Lipinski definition) is 1. The van der Waals surface area contributed by atoms with Gasteiger partial charge < -0.3 is 9.84 Å². The number of ether oxygens (including phenoxy) is 1. The lowest BCUT2D eigenvalue weighted by molar-refractivity contribution is -0.117. The van der Waals surface area contributed by atoms with Crippen molar-refractivity contribution >= 4 is 28.7 Å². The Kier molecular flexibility index (Phi) is 5.68. The lowest BCUT2D eigenvalue weighted by Gasteiger charge is -2.27. The van der Waals surface area contributed by atoms with E-state index in [2.05, 4.69) is 0 Å². The summed E-state index contributed by atoms with van der Waals surface area (Å²) in [5, 5.41) is 12.5. The maximum Gasteiger partial charge on any atom is 0.294 e. The molecule has 0 saturated carbocycles. The molecule has 0 saturated heterocycles. The summed E-state index contributed by atoms with van der Waals surface area (Å²) in [5.74, 6) is -0.716. The number of para-hydroxylation sites is 1. The summed E-state index contributed by atoms with van der Waals surface area (Å²) in [6, 6.07) is 19.1. The summed E-state index contributed by atoms with van der Waals surface area (Å²) in [6.45, 7) is 2.65. The molecule has 1 amide bonds. The Morgan fingerprint density at radius 3 is 2.43 bits per heavy atom. The molecule has 0 radical (unpaired) electrons. The lowest BCUT2D eigenvalue weighted by atomic mass is 9.95. The molecule has 2 heterocycles. The molecule has 6 heteroatoms. The van der Waals surface area contributed by atoms with Gasteiger partial charge in [-0.05, 0) is 47.7 Å². The predicted molar refractivity (Wildman–Crippen MR) is 117 cm³/mol. The van der Waals surface area contributed by atoms with Crippen LogP contribution in [0.3, 0.4) is 0 Å². The van der Waals surface area contributed by atoms with Gasteiger partial charge in [-0.25, -0.2) is 0 Å². The van der Waals surface area contributed by atoms with Crippen molar-refractivity contribution < 1.29 is 19.4 Å². The first-order valence-corrected chi connectivity index (χ1v) is 10.6. The normalized spacial score (nSPS) is 16.2. The number of ketones is 1. The molecule has 4 rings (SSSR count). The fourth-order valence-corrected chi connectivity index (χ4v) is 4.19. The van der Waals surface area contributed by atoms with Gasteiger partial charge in [0.25, 0.3) is 5.91 Å². The molecule has 152 valence electrons. The number of amides is 1. The minimum absolute atomic E-state index is 0.0912. The molecule has 30 heavy (non-hydrogen) atoms. The Labute approximate surface area is 178 Å². The number of carbonyl (C=O) groups is 2. The number of rotatable bonds is 7. The average Bonchev–Trinajstić information content (AvgIpc) is 3.40. The second-order valence-corrected chi connectivity index (χ2v) is 7.85. The molecule has 3 aromatic rings. The van der Waals surface area contributed by atoms with Gasteiger partial charge in [-0.3, -0.25) is 14.5 Å². The quantitative estimate of drug-likeness (QED) is 0.527. The molecular weight excluding hydrogens is 398 g/mol. The summed E-state index contributed by atoms with van der Waals surface area (Å²) in [7, 11) is 0. The molecule has 1 atom stereocenters. The van der Waals surface area contributed by atoms with Gasteiger partial charge in [-0.15, -0.1) is 11.3 Å². The Morgan fingerprint density at radius 1 is 1.07 bits per heavy atom. The number of carbonyl (C=O) groups excluding carboxylic acids is 2. The van der Waals surface area contributed by atoms with Crippen LogP contribution in [0.4, 0.5) is 5.69 Å². The smallest absolute Gasteiger partial charge is 0.294 e. The summed E-state index contributed by atoms with van der Waals surface area (Å²) < 4.78 is 5.65. The number of nitrogens with zero attached hydrogens (tertiary/aromatic N) is 1. The second-order valence-electron chi connectivity index (χ2n) is 6.90. The van der Waals surface area contributed by atoms with Gasteiger partial charge in [0, 0.05) is 5.69 Å². The van der Waals surface area contributed by atoms with Gasteiger partial charge in [0.2, 0.25) is 5.78 Å². The van der Waals surface area contributed by atoms with E-state index in [1.165, 1.54) is 16.2 Å². The molecular formula is C24H21NO4S. The first-order chi connectivity index (χ1) is 14.6. The third-order valence-electron chi connectivity index (χ3n) is 4.90. The number of aliphatic hydroxyl groups excluding tert-OH is 1. The van der Waals surface area contributed by atoms with Crippen LogP contribution in [0.5, 0.6) is 5.75 Å². The van der Waals surface area contributed by atoms with E-state index < -0.39 is 17.7 Å². The highest BCUT2D eigenvalue weighted by molar-refractivity contribution is 7.12. The summed E-state index contributed by atoms with van der Waals surface area (Å²) in [4.78, 5) is 28.2. The Morgan fingerprint density at radius 2 is 1.80 bits per heavy atom. The topological polar surface area (TPSA) is 66.8 Å².